The number of halogens is 2. The maximum atomic E-state index is 13.5. The summed E-state index contributed by atoms with van der Waals surface area (Å²) in [5.74, 6) is -0.940. The average molecular weight is 310 g/mol. The van der Waals surface area contributed by atoms with Crippen molar-refractivity contribution in [3.05, 3.63) is 59.7 Å². The van der Waals surface area contributed by atoms with Crippen LogP contribution in [0.1, 0.15) is 10.4 Å². The number of ether oxygens (including phenoxy) is 1. The lowest BCUT2D eigenvalue weighted by Crippen LogP contribution is -2.01. The van der Waals surface area contributed by atoms with E-state index in [1.165, 1.54) is 36.4 Å². The lowest BCUT2D eigenvalue weighted by Gasteiger charge is -2.07. The molecule has 0 atom stereocenters. The predicted molar refractivity (Wildman–Crippen MR) is 76.0 cm³/mol. The second kappa shape index (κ2) is 7.08. The molecule has 1 N–H and O–H groups in total. The molecule has 0 saturated heterocycles. The number of hydrogen-bond acceptors (Lipinski definition) is 3. The molecule has 0 amide bonds. The van der Waals surface area contributed by atoms with Gasteiger partial charge in [-0.15, -0.1) is 11.8 Å². The van der Waals surface area contributed by atoms with Crippen LogP contribution in [0.15, 0.2) is 47.4 Å². The number of aromatic carboxylic acids is 1. The summed E-state index contributed by atoms with van der Waals surface area (Å²) in [5, 5.41) is 8.86. The molecular formula is C15H12F2O3S. The van der Waals surface area contributed by atoms with Crippen molar-refractivity contribution >= 4 is 17.7 Å². The zero-order chi connectivity index (χ0) is 15.2. The van der Waals surface area contributed by atoms with Gasteiger partial charge in [-0.05, 0) is 42.5 Å². The van der Waals surface area contributed by atoms with Gasteiger partial charge in [-0.3, -0.25) is 0 Å². The molecule has 3 nitrogen and oxygen atoms in total. The van der Waals surface area contributed by atoms with E-state index >= 15 is 0 Å². The van der Waals surface area contributed by atoms with Crippen molar-refractivity contribution in [1.29, 1.82) is 0 Å². The quantitative estimate of drug-likeness (QED) is 0.650. The van der Waals surface area contributed by atoms with Crippen molar-refractivity contribution in [3.8, 4) is 5.75 Å². The van der Waals surface area contributed by atoms with E-state index in [2.05, 4.69) is 0 Å². The lowest BCUT2D eigenvalue weighted by molar-refractivity contribution is 0.0696. The van der Waals surface area contributed by atoms with E-state index in [1.54, 1.807) is 0 Å². The van der Waals surface area contributed by atoms with Gasteiger partial charge < -0.3 is 9.84 Å². The molecule has 0 fully saturated rings. The number of thioether (sulfide) groups is 1. The Kier molecular flexibility index (Phi) is 5.16. The molecular weight excluding hydrogens is 298 g/mol. The highest BCUT2D eigenvalue weighted by Crippen LogP contribution is 2.23. The minimum Gasteiger partial charge on any atom is -0.493 e. The summed E-state index contributed by atoms with van der Waals surface area (Å²) in [6.07, 6.45) is 0. The van der Waals surface area contributed by atoms with E-state index in [0.717, 1.165) is 17.8 Å². The molecule has 0 aromatic heterocycles. The van der Waals surface area contributed by atoms with E-state index in [-0.39, 0.29) is 16.3 Å². The molecule has 0 spiro atoms. The summed E-state index contributed by atoms with van der Waals surface area (Å²) in [5.41, 5.74) is 0.0401. The first kappa shape index (κ1) is 15.3. The monoisotopic (exact) mass is 310 g/mol. The third kappa shape index (κ3) is 4.46. The Hall–Kier alpha value is -2.08. The maximum absolute atomic E-state index is 13.5. The van der Waals surface area contributed by atoms with E-state index in [0.29, 0.717) is 18.1 Å². The topological polar surface area (TPSA) is 46.5 Å². The van der Waals surface area contributed by atoms with Crippen molar-refractivity contribution in [1.82, 2.24) is 0 Å². The molecule has 6 heteroatoms. The van der Waals surface area contributed by atoms with Crippen molar-refractivity contribution in [2.75, 3.05) is 12.4 Å². The molecule has 21 heavy (non-hydrogen) atoms. The van der Waals surface area contributed by atoms with Crippen molar-refractivity contribution < 1.29 is 23.4 Å². The SMILES string of the molecule is O=C(O)c1ccc(F)c(SCCOc2ccc(F)cc2)c1. The average Bonchev–Trinajstić information content (AvgIpc) is 2.47. The van der Waals surface area contributed by atoms with Crippen LogP contribution < -0.4 is 4.74 Å². The largest absolute Gasteiger partial charge is 0.493 e. The van der Waals surface area contributed by atoms with Crippen LogP contribution in [0, 0.1) is 11.6 Å². The summed E-state index contributed by atoms with van der Waals surface area (Å²) < 4.78 is 31.6. The molecule has 0 unspecified atom stereocenters. The molecule has 2 aromatic rings. The van der Waals surface area contributed by atoms with Crippen LogP contribution in [-0.2, 0) is 0 Å². The van der Waals surface area contributed by atoms with E-state index in [1.807, 2.05) is 0 Å². The van der Waals surface area contributed by atoms with Gasteiger partial charge in [0.25, 0.3) is 0 Å². The Bertz CT molecular complexity index is 629. The maximum Gasteiger partial charge on any atom is 0.335 e. The number of carboxylic acid groups (broad SMARTS) is 1. The third-order valence-corrected chi connectivity index (χ3v) is 3.60. The van der Waals surface area contributed by atoms with Gasteiger partial charge >= 0.3 is 5.97 Å². The normalized spacial score (nSPS) is 10.4. The molecule has 2 aromatic carbocycles. The summed E-state index contributed by atoms with van der Waals surface area (Å²) in [4.78, 5) is 11.1. The lowest BCUT2D eigenvalue weighted by atomic mass is 10.2. The Morgan fingerprint density at radius 1 is 1.14 bits per heavy atom. The Morgan fingerprint density at radius 2 is 1.86 bits per heavy atom. The van der Waals surface area contributed by atoms with Gasteiger partial charge in [0.2, 0.25) is 0 Å². The molecule has 0 aliphatic carbocycles. The first-order valence-corrected chi connectivity index (χ1v) is 7.09. The molecule has 0 heterocycles. The molecule has 0 radical (unpaired) electrons. The van der Waals surface area contributed by atoms with Crippen LogP contribution in [0.25, 0.3) is 0 Å². The predicted octanol–water partition coefficient (Wildman–Crippen LogP) is 3.83. The van der Waals surface area contributed by atoms with Gasteiger partial charge in [-0.25, -0.2) is 13.6 Å². The van der Waals surface area contributed by atoms with Gasteiger partial charge in [0.15, 0.2) is 0 Å². The fourth-order valence-electron chi connectivity index (χ4n) is 1.59. The number of carbonyl (C=O) groups is 1. The third-order valence-electron chi connectivity index (χ3n) is 2.60. The Morgan fingerprint density at radius 3 is 2.52 bits per heavy atom. The van der Waals surface area contributed by atoms with Gasteiger partial charge in [0.05, 0.1) is 12.2 Å². The van der Waals surface area contributed by atoms with Crippen LogP contribution in [0.4, 0.5) is 8.78 Å². The van der Waals surface area contributed by atoms with Gasteiger partial charge in [0, 0.05) is 10.6 Å². The fourth-order valence-corrected chi connectivity index (χ4v) is 2.39. The van der Waals surface area contributed by atoms with Crippen LogP contribution in [-0.4, -0.2) is 23.4 Å². The van der Waals surface area contributed by atoms with Crippen molar-refractivity contribution in [3.63, 3.8) is 0 Å². The highest BCUT2D eigenvalue weighted by molar-refractivity contribution is 7.99. The van der Waals surface area contributed by atoms with E-state index < -0.39 is 11.8 Å². The smallest absolute Gasteiger partial charge is 0.335 e. The number of hydrogen-bond donors (Lipinski definition) is 1. The second-order valence-electron chi connectivity index (χ2n) is 4.10. The van der Waals surface area contributed by atoms with Crippen LogP contribution in [0.5, 0.6) is 5.75 Å². The van der Waals surface area contributed by atoms with E-state index in [4.69, 9.17) is 9.84 Å². The minimum absolute atomic E-state index is 0.0401. The van der Waals surface area contributed by atoms with Crippen LogP contribution in [0.2, 0.25) is 0 Å². The first-order chi connectivity index (χ1) is 10.1. The van der Waals surface area contributed by atoms with Crippen LogP contribution in [0.3, 0.4) is 0 Å². The Balaban J connectivity index is 1.87. The summed E-state index contributed by atoms with van der Waals surface area (Å²) >= 11 is 1.16. The molecule has 110 valence electrons. The number of rotatable bonds is 6. The summed E-state index contributed by atoms with van der Waals surface area (Å²) in [6, 6.07) is 9.23. The van der Waals surface area contributed by atoms with Crippen molar-refractivity contribution in [2.45, 2.75) is 4.90 Å². The molecule has 2 rings (SSSR count). The van der Waals surface area contributed by atoms with Gasteiger partial charge in [0.1, 0.15) is 17.4 Å². The zero-order valence-electron chi connectivity index (χ0n) is 10.9. The zero-order valence-corrected chi connectivity index (χ0v) is 11.7. The number of benzene rings is 2. The summed E-state index contributed by atoms with van der Waals surface area (Å²) in [7, 11) is 0. The van der Waals surface area contributed by atoms with E-state index in [9.17, 15) is 13.6 Å². The number of carboxylic acids is 1. The standard InChI is InChI=1S/C15H12F2O3S/c16-11-2-4-12(5-3-11)20-7-8-21-14-9-10(15(18)19)1-6-13(14)17/h1-6,9H,7-8H2,(H,18,19). The first-order valence-electron chi connectivity index (χ1n) is 6.10. The molecule has 0 aliphatic rings. The van der Waals surface area contributed by atoms with Gasteiger partial charge in [-0.1, -0.05) is 0 Å². The summed E-state index contributed by atoms with van der Waals surface area (Å²) in [6.45, 7) is 0.299. The highest BCUT2D eigenvalue weighted by atomic mass is 32.2. The fraction of sp³-hybridized carbons (Fsp3) is 0.133. The minimum atomic E-state index is -1.10. The highest BCUT2D eigenvalue weighted by Gasteiger charge is 2.08. The van der Waals surface area contributed by atoms with Crippen molar-refractivity contribution in [2.24, 2.45) is 0 Å². The van der Waals surface area contributed by atoms with Gasteiger partial charge in [-0.2, -0.15) is 0 Å². The molecule has 0 bridgehead atoms. The molecule has 0 saturated carbocycles. The molecule has 0 aliphatic heterocycles. The Labute approximate surface area is 124 Å². The van der Waals surface area contributed by atoms with Crippen LogP contribution >= 0.6 is 11.8 Å². The second-order valence-corrected chi connectivity index (χ2v) is 5.24.